The number of nitrogens with zero attached hydrogens (tertiary/aromatic N) is 4. The number of pyridine rings is 1. The Kier molecular flexibility index (Phi) is 5.61. The SMILES string of the molecule is CCn1cc(S(=O)(=O)N2CCC(Cc3cncc(C(=O)OC)c3)C2)c(C)n1. The molecule has 1 atom stereocenters. The van der Waals surface area contributed by atoms with Crippen LogP contribution in [-0.2, 0) is 27.7 Å². The van der Waals surface area contributed by atoms with Gasteiger partial charge in [-0.2, -0.15) is 9.40 Å². The number of hydrogen-bond donors (Lipinski definition) is 0. The van der Waals surface area contributed by atoms with Crippen LogP contribution >= 0.6 is 0 Å². The summed E-state index contributed by atoms with van der Waals surface area (Å²) >= 11 is 0. The van der Waals surface area contributed by atoms with Gasteiger partial charge < -0.3 is 4.74 Å². The lowest BCUT2D eigenvalue weighted by Gasteiger charge is -2.16. The van der Waals surface area contributed by atoms with Crippen molar-refractivity contribution in [2.75, 3.05) is 20.2 Å². The molecule has 3 rings (SSSR count). The fourth-order valence-electron chi connectivity index (χ4n) is 3.40. The number of carbonyl (C=O) groups is 1. The number of sulfonamides is 1. The van der Waals surface area contributed by atoms with Crippen LogP contribution in [0.3, 0.4) is 0 Å². The topological polar surface area (TPSA) is 94.4 Å². The first-order chi connectivity index (χ1) is 12.8. The fourth-order valence-corrected chi connectivity index (χ4v) is 5.10. The molecule has 1 saturated heterocycles. The Morgan fingerprint density at radius 2 is 2.15 bits per heavy atom. The summed E-state index contributed by atoms with van der Waals surface area (Å²) < 4.78 is 33.8. The van der Waals surface area contributed by atoms with Gasteiger partial charge in [-0.3, -0.25) is 9.67 Å². The van der Waals surface area contributed by atoms with Crippen LogP contribution in [0.5, 0.6) is 0 Å². The lowest BCUT2D eigenvalue weighted by atomic mass is 9.99. The van der Waals surface area contributed by atoms with Crippen molar-refractivity contribution in [3.05, 3.63) is 41.5 Å². The van der Waals surface area contributed by atoms with Crippen molar-refractivity contribution in [1.29, 1.82) is 0 Å². The van der Waals surface area contributed by atoms with E-state index in [4.69, 9.17) is 4.74 Å². The van der Waals surface area contributed by atoms with E-state index < -0.39 is 16.0 Å². The van der Waals surface area contributed by atoms with Crippen LogP contribution in [0.15, 0.2) is 29.6 Å². The molecule has 9 heteroatoms. The highest BCUT2D eigenvalue weighted by Gasteiger charge is 2.34. The van der Waals surface area contributed by atoms with Crippen molar-refractivity contribution >= 4 is 16.0 Å². The fraction of sp³-hybridized carbons (Fsp3) is 0.500. The van der Waals surface area contributed by atoms with Crippen molar-refractivity contribution in [3.63, 3.8) is 0 Å². The van der Waals surface area contributed by atoms with Gasteiger partial charge in [0.2, 0.25) is 10.0 Å². The molecule has 0 spiro atoms. The number of aromatic nitrogens is 3. The summed E-state index contributed by atoms with van der Waals surface area (Å²) in [6.45, 7) is 5.19. The van der Waals surface area contributed by atoms with Crippen molar-refractivity contribution in [3.8, 4) is 0 Å². The smallest absolute Gasteiger partial charge is 0.339 e. The first-order valence-corrected chi connectivity index (χ1v) is 10.4. The van der Waals surface area contributed by atoms with E-state index in [9.17, 15) is 13.2 Å². The molecule has 2 aromatic heterocycles. The maximum absolute atomic E-state index is 13.0. The molecule has 1 aliphatic rings. The zero-order chi connectivity index (χ0) is 19.6. The predicted molar refractivity (Wildman–Crippen MR) is 98.8 cm³/mol. The van der Waals surface area contributed by atoms with E-state index in [2.05, 4.69) is 10.1 Å². The molecular weight excluding hydrogens is 368 g/mol. The maximum atomic E-state index is 13.0. The first kappa shape index (κ1) is 19.5. The van der Waals surface area contributed by atoms with Gasteiger partial charge in [-0.05, 0) is 44.2 Å². The van der Waals surface area contributed by atoms with Crippen LogP contribution < -0.4 is 0 Å². The minimum absolute atomic E-state index is 0.177. The number of methoxy groups -OCH3 is 1. The summed E-state index contributed by atoms with van der Waals surface area (Å²) in [7, 11) is -2.22. The van der Waals surface area contributed by atoms with Gasteiger partial charge in [-0.15, -0.1) is 0 Å². The number of ether oxygens (including phenoxy) is 1. The van der Waals surface area contributed by atoms with E-state index in [-0.39, 0.29) is 10.8 Å². The molecule has 2 aromatic rings. The normalized spacial score (nSPS) is 18.0. The monoisotopic (exact) mass is 392 g/mol. The molecule has 3 heterocycles. The Hall–Kier alpha value is -2.26. The Bertz CT molecular complexity index is 939. The zero-order valence-corrected chi connectivity index (χ0v) is 16.6. The number of aryl methyl sites for hydroxylation is 2. The number of esters is 1. The second kappa shape index (κ2) is 7.77. The highest BCUT2D eigenvalue weighted by molar-refractivity contribution is 7.89. The van der Waals surface area contributed by atoms with Gasteiger partial charge in [0.25, 0.3) is 0 Å². The quantitative estimate of drug-likeness (QED) is 0.694. The van der Waals surface area contributed by atoms with E-state index in [0.717, 1.165) is 12.0 Å². The Morgan fingerprint density at radius 1 is 1.37 bits per heavy atom. The van der Waals surface area contributed by atoms with Crippen molar-refractivity contribution in [1.82, 2.24) is 19.1 Å². The molecule has 0 aliphatic carbocycles. The standard InChI is InChI=1S/C18H24N4O4S/c1-4-21-12-17(13(2)20-21)27(24,25)22-6-5-14(11-22)7-15-8-16(10-19-9-15)18(23)26-3/h8-10,12,14H,4-7,11H2,1-3H3. The summed E-state index contributed by atoms with van der Waals surface area (Å²) in [6.07, 6.45) is 6.20. The summed E-state index contributed by atoms with van der Waals surface area (Å²) in [4.78, 5) is 16.0. The molecule has 1 fully saturated rings. The van der Waals surface area contributed by atoms with Crippen LogP contribution in [0.1, 0.15) is 35.0 Å². The Labute approximate surface area is 159 Å². The molecule has 0 N–H and O–H groups in total. The molecule has 0 saturated carbocycles. The largest absolute Gasteiger partial charge is 0.465 e. The average Bonchev–Trinajstić information content (AvgIpc) is 3.28. The van der Waals surface area contributed by atoms with Crippen molar-refractivity contribution in [2.24, 2.45) is 5.92 Å². The highest BCUT2D eigenvalue weighted by atomic mass is 32.2. The van der Waals surface area contributed by atoms with Gasteiger partial charge in [-0.25, -0.2) is 13.2 Å². The van der Waals surface area contributed by atoms with Gasteiger partial charge in [0.05, 0.1) is 18.4 Å². The second-order valence-electron chi connectivity index (χ2n) is 6.73. The van der Waals surface area contributed by atoms with E-state index >= 15 is 0 Å². The van der Waals surface area contributed by atoms with Gasteiger partial charge >= 0.3 is 5.97 Å². The molecule has 27 heavy (non-hydrogen) atoms. The predicted octanol–water partition coefficient (Wildman–Crippen LogP) is 1.65. The molecule has 1 aliphatic heterocycles. The number of carbonyl (C=O) groups excluding carboxylic acids is 1. The maximum Gasteiger partial charge on any atom is 0.339 e. The lowest BCUT2D eigenvalue weighted by molar-refractivity contribution is 0.0600. The summed E-state index contributed by atoms with van der Waals surface area (Å²) in [5.74, 6) is -0.251. The van der Waals surface area contributed by atoms with E-state index in [0.29, 0.717) is 37.3 Å². The molecule has 1 unspecified atom stereocenters. The summed E-state index contributed by atoms with van der Waals surface area (Å²) in [6, 6.07) is 1.76. The van der Waals surface area contributed by atoms with Crippen LogP contribution in [0, 0.1) is 12.8 Å². The zero-order valence-electron chi connectivity index (χ0n) is 15.8. The summed E-state index contributed by atoms with van der Waals surface area (Å²) in [5, 5.41) is 4.25. The average molecular weight is 392 g/mol. The molecule has 0 aromatic carbocycles. The van der Waals surface area contributed by atoms with Crippen molar-refractivity contribution < 1.29 is 17.9 Å². The minimum Gasteiger partial charge on any atom is -0.465 e. The Balaban J connectivity index is 1.71. The number of hydrogen-bond acceptors (Lipinski definition) is 6. The molecular formula is C18H24N4O4S. The van der Waals surface area contributed by atoms with E-state index in [1.54, 1.807) is 30.1 Å². The van der Waals surface area contributed by atoms with E-state index in [1.807, 2.05) is 6.92 Å². The lowest BCUT2D eigenvalue weighted by Crippen LogP contribution is -2.29. The number of rotatable bonds is 6. The molecule has 8 nitrogen and oxygen atoms in total. The van der Waals surface area contributed by atoms with E-state index in [1.165, 1.54) is 17.6 Å². The molecule has 0 radical (unpaired) electrons. The molecule has 0 amide bonds. The molecule has 0 bridgehead atoms. The molecule has 146 valence electrons. The van der Waals surface area contributed by atoms with Crippen LogP contribution in [-0.4, -0.2) is 53.7 Å². The minimum atomic E-state index is -3.55. The third-order valence-electron chi connectivity index (χ3n) is 4.83. The first-order valence-electron chi connectivity index (χ1n) is 8.91. The van der Waals surface area contributed by atoms with Crippen molar-refractivity contribution in [2.45, 2.75) is 38.1 Å². The third-order valence-corrected chi connectivity index (χ3v) is 6.80. The second-order valence-corrected chi connectivity index (χ2v) is 8.64. The van der Waals surface area contributed by atoms with Gasteiger partial charge in [-0.1, -0.05) is 0 Å². The highest BCUT2D eigenvalue weighted by Crippen LogP contribution is 2.28. The Morgan fingerprint density at radius 3 is 2.81 bits per heavy atom. The van der Waals surface area contributed by atoms with Crippen LogP contribution in [0.2, 0.25) is 0 Å². The third kappa shape index (κ3) is 4.03. The van der Waals surface area contributed by atoms with Gasteiger partial charge in [0, 0.05) is 38.2 Å². The van der Waals surface area contributed by atoms with Gasteiger partial charge in [0.1, 0.15) is 4.90 Å². The van der Waals surface area contributed by atoms with Crippen LogP contribution in [0.25, 0.3) is 0 Å². The summed E-state index contributed by atoms with van der Waals surface area (Å²) in [5.41, 5.74) is 1.83. The van der Waals surface area contributed by atoms with Gasteiger partial charge in [0.15, 0.2) is 0 Å². The van der Waals surface area contributed by atoms with Crippen LogP contribution in [0.4, 0.5) is 0 Å².